The lowest BCUT2D eigenvalue weighted by Crippen LogP contribution is -1.91. The maximum Gasteiger partial charge on any atom is 0.221 e. The lowest BCUT2D eigenvalue weighted by molar-refractivity contribution is 0.101. The number of oxazole rings is 1. The Balaban J connectivity index is 2.73. The Bertz CT molecular complexity index is 487. The van der Waals surface area contributed by atoms with Crippen LogP contribution in [0.1, 0.15) is 23.2 Å². The second-order valence-corrected chi connectivity index (χ2v) is 2.98. The lowest BCUT2D eigenvalue weighted by atomic mass is 10.1. The maximum absolute atomic E-state index is 11.2. The first kappa shape index (κ1) is 8.90. The average Bonchev–Trinajstić information content (AvgIpc) is 2.59. The highest BCUT2D eigenvalue weighted by Crippen LogP contribution is 2.20. The third-order valence-corrected chi connectivity index (χ3v) is 1.97. The first-order valence-electron chi connectivity index (χ1n) is 4.22. The van der Waals surface area contributed by atoms with Crippen LogP contribution in [0.15, 0.2) is 22.6 Å². The Morgan fingerprint density at radius 2 is 2.36 bits per heavy atom. The molecule has 1 N–H and O–H groups in total. The molecule has 0 unspecified atom stereocenters. The Hall–Kier alpha value is -1.68. The molecule has 0 amide bonds. The van der Waals surface area contributed by atoms with E-state index in [-0.39, 0.29) is 18.3 Å². The molecule has 0 fully saturated rings. The Labute approximate surface area is 80.2 Å². The van der Waals surface area contributed by atoms with Gasteiger partial charge in [-0.1, -0.05) is 6.07 Å². The minimum atomic E-state index is -0.258. The zero-order chi connectivity index (χ0) is 10.1. The number of aliphatic hydroxyl groups excluding tert-OH is 1. The number of nitrogens with zero attached hydrogens (tertiary/aromatic N) is 1. The molecule has 0 saturated heterocycles. The summed E-state index contributed by atoms with van der Waals surface area (Å²) < 4.78 is 5.23. The van der Waals surface area contributed by atoms with Gasteiger partial charge in [0.1, 0.15) is 12.1 Å². The zero-order valence-corrected chi connectivity index (χ0v) is 7.65. The predicted molar refractivity (Wildman–Crippen MR) is 49.9 cm³/mol. The lowest BCUT2D eigenvalue weighted by Gasteiger charge is -1.93. The smallest absolute Gasteiger partial charge is 0.221 e. The zero-order valence-electron chi connectivity index (χ0n) is 7.65. The third-order valence-electron chi connectivity index (χ3n) is 1.97. The molecule has 14 heavy (non-hydrogen) atoms. The fourth-order valence-corrected chi connectivity index (χ4v) is 1.34. The molecule has 2 aromatic rings. The van der Waals surface area contributed by atoms with Crippen molar-refractivity contribution in [2.24, 2.45) is 0 Å². The fraction of sp³-hybridized carbons (Fsp3) is 0.200. The number of para-hydroxylation sites is 1. The van der Waals surface area contributed by atoms with Crippen LogP contribution in [0.4, 0.5) is 0 Å². The van der Waals surface area contributed by atoms with E-state index in [4.69, 9.17) is 9.52 Å². The summed E-state index contributed by atoms with van der Waals surface area (Å²) in [5.41, 5.74) is 1.54. The molecule has 72 valence electrons. The van der Waals surface area contributed by atoms with Gasteiger partial charge in [-0.25, -0.2) is 4.98 Å². The highest BCUT2D eigenvalue weighted by molar-refractivity contribution is 6.03. The Morgan fingerprint density at radius 3 is 3.00 bits per heavy atom. The average molecular weight is 191 g/mol. The third kappa shape index (κ3) is 1.29. The number of carbonyl (C=O) groups excluding carboxylic acids is 1. The molecular formula is C10H9NO3. The van der Waals surface area contributed by atoms with Gasteiger partial charge in [0.25, 0.3) is 0 Å². The summed E-state index contributed by atoms with van der Waals surface area (Å²) >= 11 is 0. The molecule has 0 radical (unpaired) electrons. The molecule has 2 rings (SSSR count). The summed E-state index contributed by atoms with van der Waals surface area (Å²) in [5, 5.41) is 8.83. The Kier molecular flexibility index (Phi) is 2.05. The number of hydrogen-bond acceptors (Lipinski definition) is 4. The molecule has 1 aromatic carbocycles. The van der Waals surface area contributed by atoms with Crippen LogP contribution in [0, 0.1) is 0 Å². The summed E-state index contributed by atoms with van der Waals surface area (Å²) in [6.07, 6.45) is 0. The maximum atomic E-state index is 11.2. The van der Waals surface area contributed by atoms with Crippen molar-refractivity contribution in [1.82, 2.24) is 4.98 Å². The number of rotatable bonds is 2. The normalized spacial score (nSPS) is 10.7. The van der Waals surface area contributed by atoms with Crippen molar-refractivity contribution >= 4 is 16.9 Å². The van der Waals surface area contributed by atoms with E-state index in [0.717, 1.165) is 0 Å². The first-order chi connectivity index (χ1) is 6.72. The number of benzene rings is 1. The molecule has 1 aromatic heterocycles. The molecular weight excluding hydrogens is 182 g/mol. The van der Waals surface area contributed by atoms with Gasteiger partial charge in [0.2, 0.25) is 5.89 Å². The SMILES string of the molecule is CC(=O)c1cccc2nc(CO)oc12. The van der Waals surface area contributed by atoms with Crippen LogP contribution in [-0.2, 0) is 6.61 Å². The van der Waals surface area contributed by atoms with E-state index in [1.165, 1.54) is 6.92 Å². The molecule has 0 aliphatic rings. The standard InChI is InChI=1S/C10H9NO3/c1-6(13)7-3-2-4-8-10(7)14-9(5-12)11-8/h2-4,12H,5H2,1H3. The van der Waals surface area contributed by atoms with Crippen molar-refractivity contribution in [2.45, 2.75) is 13.5 Å². The van der Waals surface area contributed by atoms with Gasteiger partial charge in [-0.15, -0.1) is 0 Å². The van der Waals surface area contributed by atoms with E-state index in [9.17, 15) is 4.79 Å². The van der Waals surface area contributed by atoms with Crippen molar-refractivity contribution in [2.75, 3.05) is 0 Å². The predicted octanol–water partition coefficient (Wildman–Crippen LogP) is 1.52. The van der Waals surface area contributed by atoms with Gasteiger partial charge in [-0.3, -0.25) is 4.79 Å². The van der Waals surface area contributed by atoms with Crippen molar-refractivity contribution in [3.63, 3.8) is 0 Å². The minimum Gasteiger partial charge on any atom is -0.437 e. The second kappa shape index (κ2) is 3.23. The molecule has 0 spiro atoms. The van der Waals surface area contributed by atoms with Crippen molar-refractivity contribution in [3.8, 4) is 0 Å². The minimum absolute atomic E-state index is 0.0729. The molecule has 0 aliphatic heterocycles. The van der Waals surface area contributed by atoms with Crippen LogP contribution in [0.2, 0.25) is 0 Å². The number of fused-ring (bicyclic) bond motifs is 1. The van der Waals surface area contributed by atoms with Crippen molar-refractivity contribution in [3.05, 3.63) is 29.7 Å². The molecule has 0 bridgehead atoms. The van der Waals surface area contributed by atoms with Gasteiger partial charge >= 0.3 is 0 Å². The summed E-state index contributed by atoms with van der Waals surface area (Å²) in [6.45, 7) is 1.21. The molecule has 1 heterocycles. The molecule has 0 atom stereocenters. The van der Waals surface area contributed by atoms with E-state index in [1.54, 1.807) is 18.2 Å². The van der Waals surface area contributed by atoms with Gasteiger partial charge in [0, 0.05) is 0 Å². The number of carbonyl (C=O) groups is 1. The van der Waals surface area contributed by atoms with Gasteiger partial charge in [0.15, 0.2) is 11.4 Å². The van der Waals surface area contributed by atoms with E-state index >= 15 is 0 Å². The molecule has 0 saturated carbocycles. The summed E-state index contributed by atoms with van der Waals surface area (Å²) in [6, 6.07) is 5.16. The highest BCUT2D eigenvalue weighted by Gasteiger charge is 2.11. The summed E-state index contributed by atoms with van der Waals surface area (Å²) in [7, 11) is 0. The Morgan fingerprint density at radius 1 is 1.57 bits per heavy atom. The van der Waals surface area contributed by atoms with E-state index in [0.29, 0.717) is 16.7 Å². The van der Waals surface area contributed by atoms with Crippen LogP contribution in [0.3, 0.4) is 0 Å². The highest BCUT2D eigenvalue weighted by atomic mass is 16.4. The van der Waals surface area contributed by atoms with Crippen molar-refractivity contribution < 1.29 is 14.3 Å². The van der Waals surface area contributed by atoms with Gasteiger partial charge < -0.3 is 9.52 Å². The van der Waals surface area contributed by atoms with Crippen LogP contribution in [0.5, 0.6) is 0 Å². The quantitative estimate of drug-likeness (QED) is 0.731. The molecule has 4 nitrogen and oxygen atoms in total. The van der Waals surface area contributed by atoms with Crippen molar-refractivity contribution in [1.29, 1.82) is 0 Å². The largest absolute Gasteiger partial charge is 0.437 e. The topological polar surface area (TPSA) is 63.3 Å². The summed E-state index contributed by atoms with van der Waals surface area (Å²) in [4.78, 5) is 15.2. The fourth-order valence-electron chi connectivity index (χ4n) is 1.34. The second-order valence-electron chi connectivity index (χ2n) is 2.98. The van der Waals surface area contributed by atoms with Crippen LogP contribution < -0.4 is 0 Å². The van der Waals surface area contributed by atoms with Crippen LogP contribution >= 0.6 is 0 Å². The van der Waals surface area contributed by atoms with Crippen LogP contribution in [0.25, 0.3) is 11.1 Å². The number of ketones is 1. The number of aliphatic hydroxyl groups is 1. The van der Waals surface area contributed by atoms with E-state index < -0.39 is 0 Å². The van der Waals surface area contributed by atoms with Gasteiger partial charge in [-0.2, -0.15) is 0 Å². The van der Waals surface area contributed by atoms with Crippen LogP contribution in [-0.4, -0.2) is 15.9 Å². The summed E-state index contributed by atoms with van der Waals surface area (Å²) in [5.74, 6) is 0.157. The number of aromatic nitrogens is 1. The number of Topliss-reactive ketones (excluding diaryl/α,β-unsaturated/α-hetero) is 1. The molecule has 0 aliphatic carbocycles. The van der Waals surface area contributed by atoms with E-state index in [2.05, 4.69) is 4.98 Å². The molecule has 4 heteroatoms. The van der Waals surface area contributed by atoms with E-state index in [1.807, 2.05) is 0 Å². The van der Waals surface area contributed by atoms with Gasteiger partial charge in [-0.05, 0) is 19.1 Å². The first-order valence-corrected chi connectivity index (χ1v) is 4.22. The number of hydrogen-bond donors (Lipinski definition) is 1. The monoisotopic (exact) mass is 191 g/mol. The van der Waals surface area contributed by atoms with Gasteiger partial charge in [0.05, 0.1) is 5.56 Å².